The Hall–Kier alpha value is -0.0800. The number of likely N-dealkylation sites (tertiary alicyclic amines) is 1. The zero-order valence-corrected chi connectivity index (χ0v) is 15.1. The van der Waals surface area contributed by atoms with E-state index in [-0.39, 0.29) is 0 Å². The van der Waals surface area contributed by atoms with Gasteiger partial charge in [-0.3, -0.25) is 0 Å². The minimum Gasteiger partial charge on any atom is -0.314 e. The molecular weight excluding hydrogens is 256 g/mol. The second-order valence-electron chi connectivity index (χ2n) is 8.77. The Morgan fingerprint density at radius 3 is 2.52 bits per heavy atom. The minimum atomic E-state index is 0.536. The van der Waals surface area contributed by atoms with Crippen LogP contribution in [0.15, 0.2) is 0 Å². The van der Waals surface area contributed by atoms with Gasteiger partial charge in [-0.2, -0.15) is 0 Å². The van der Waals surface area contributed by atoms with Crippen molar-refractivity contribution in [3.63, 3.8) is 0 Å². The molecule has 1 saturated carbocycles. The molecule has 0 aromatic carbocycles. The average molecular weight is 295 g/mol. The quantitative estimate of drug-likeness (QED) is 0.791. The monoisotopic (exact) mass is 294 g/mol. The molecule has 1 N–H and O–H groups in total. The van der Waals surface area contributed by atoms with Crippen molar-refractivity contribution in [3.05, 3.63) is 0 Å². The molecule has 0 radical (unpaired) electrons. The van der Waals surface area contributed by atoms with Gasteiger partial charge in [-0.15, -0.1) is 0 Å². The molecule has 124 valence electrons. The third-order valence-corrected chi connectivity index (χ3v) is 5.88. The fraction of sp³-hybridized carbons (Fsp3) is 1.00. The number of nitrogens with one attached hydrogen (secondary N) is 1. The van der Waals surface area contributed by atoms with Crippen LogP contribution in [0.3, 0.4) is 0 Å². The highest BCUT2D eigenvalue weighted by Gasteiger charge is 2.38. The molecule has 1 saturated heterocycles. The summed E-state index contributed by atoms with van der Waals surface area (Å²) in [6, 6.07) is 0.612. The normalized spacial score (nSPS) is 35.0. The Morgan fingerprint density at radius 2 is 1.95 bits per heavy atom. The molecule has 2 aliphatic rings. The molecule has 1 aliphatic heterocycles. The number of nitrogens with zero attached hydrogens (tertiary/aromatic N) is 1. The van der Waals surface area contributed by atoms with Gasteiger partial charge in [0.25, 0.3) is 0 Å². The molecule has 0 aromatic heterocycles. The van der Waals surface area contributed by atoms with Crippen LogP contribution in [0.1, 0.15) is 66.7 Å². The van der Waals surface area contributed by atoms with Crippen LogP contribution < -0.4 is 5.32 Å². The minimum absolute atomic E-state index is 0.536. The first kappa shape index (κ1) is 17.3. The summed E-state index contributed by atoms with van der Waals surface area (Å²) in [6.07, 6.45) is 7.15. The topological polar surface area (TPSA) is 15.3 Å². The largest absolute Gasteiger partial charge is 0.314 e. The molecule has 0 spiro atoms. The van der Waals surface area contributed by atoms with Crippen molar-refractivity contribution in [1.82, 2.24) is 10.2 Å². The second kappa shape index (κ2) is 7.46. The van der Waals surface area contributed by atoms with Crippen molar-refractivity contribution < 1.29 is 0 Å². The Bertz CT molecular complexity index is 313. The van der Waals surface area contributed by atoms with Crippen molar-refractivity contribution in [3.8, 4) is 0 Å². The van der Waals surface area contributed by atoms with E-state index in [1.807, 2.05) is 0 Å². The molecule has 1 heterocycles. The van der Waals surface area contributed by atoms with Crippen LogP contribution in [0.25, 0.3) is 0 Å². The summed E-state index contributed by atoms with van der Waals surface area (Å²) in [7, 11) is 0. The van der Waals surface area contributed by atoms with Gasteiger partial charge in [-0.1, -0.05) is 47.5 Å². The summed E-state index contributed by atoms with van der Waals surface area (Å²) in [5, 5.41) is 3.76. The zero-order chi connectivity index (χ0) is 15.5. The van der Waals surface area contributed by atoms with Gasteiger partial charge in [0.2, 0.25) is 0 Å². The van der Waals surface area contributed by atoms with E-state index in [4.69, 9.17) is 0 Å². The number of hydrogen-bond donors (Lipinski definition) is 1. The standard InChI is InChI=1S/C19H38N2/c1-15(2)18-8-10-21(12-18)14-19(13-20-16(3)4)9-6-7-17(5)11-19/h15-18,20H,6-14H2,1-5H3. The first-order valence-electron chi connectivity index (χ1n) is 9.36. The van der Waals surface area contributed by atoms with Crippen molar-refractivity contribution in [2.24, 2.45) is 23.2 Å². The van der Waals surface area contributed by atoms with Crippen LogP contribution in [-0.2, 0) is 0 Å². The molecule has 2 nitrogen and oxygen atoms in total. The molecule has 0 bridgehead atoms. The van der Waals surface area contributed by atoms with E-state index in [1.165, 1.54) is 58.3 Å². The summed E-state index contributed by atoms with van der Waals surface area (Å²) in [5.41, 5.74) is 0.536. The Balaban J connectivity index is 1.95. The number of rotatable bonds is 6. The lowest BCUT2D eigenvalue weighted by Gasteiger charge is -2.43. The van der Waals surface area contributed by atoms with Crippen LogP contribution in [0, 0.1) is 23.2 Å². The fourth-order valence-electron chi connectivity index (χ4n) is 4.57. The molecule has 0 amide bonds. The lowest BCUT2D eigenvalue weighted by molar-refractivity contribution is 0.0862. The third kappa shape index (κ3) is 4.96. The van der Waals surface area contributed by atoms with Crippen molar-refractivity contribution in [2.75, 3.05) is 26.2 Å². The molecule has 21 heavy (non-hydrogen) atoms. The van der Waals surface area contributed by atoms with Crippen LogP contribution in [0.5, 0.6) is 0 Å². The third-order valence-electron chi connectivity index (χ3n) is 5.88. The highest BCUT2D eigenvalue weighted by Crippen LogP contribution is 2.40. The van der Waals surface area contributed by atoms with Crippen LogP contribution in [-0.4, -0.2) is 37.1 Å². The van der Waals surface area contributed by atoms with E-state index in [9.17, 15) is 0 Å². The first-order valence-corrected chi connectivity index (χ1v) is 9.36. The molecular formula is C19H38N2. The van der Waals surface area contributed by atoms with Gasteiger partial charge in [0.1, 0.15) is 0 Å². The summed E-state index contributed by atoms with van der Waals surface area (Å²) in [4.78, 5) is 2.78. The van der Waals surface area contributed by atoms with Gasteiger partial charge in [0, 0.05) is 25.7 Å². The number of hydrogen-bond acceptors (Lipinski definition) is 2. The SMILES string of the molecule is CC1CCCC(CNC(C)C)(CN2CCC(C(C)C)C2)C1. The maximum atomic E-state index is 3.76. The summed E-state index contributed by atoms with van der Waals surface area (Å²) >= 11 is 0. The molecule has 2 rings (SSSR count). The predicted molar refractivity (Wildman–Crippen MR) is 92.6 cm³/mol. The van der Waals surface area contributed by atoms with E-state index in [0.29, 0.717) is 11.5 Å². The average Bonchev–Trinajstić information content (AvgIpc) is 2.85. The van der Waals surface area contributed by atoms with E-state index in [2.05, 4.69) is 44.8 Å². The molecule has 3 atom stereocenters. The smallest absolute Gasteiger partial charge is 0.00504 e. The highest BCUT2D eigenvalue weighted by atomic mass is 15.2. The van der Waals surface area contributed by atoms with Crippen molar-refractivity contribution >= 4 is 0 Å². The molecule has 2 heteroatoms. The highest BCUT2D eigenvalue weighted by molar-refractivity contribution is 4.92. The maximum absolute atomic E-state index is 3.76. The van der Waals surface area contributed by atoms with Crippen molar-refractivity contribution in [1.29, 1.82) is 0 Å². The molecule has 1 aliphatic carbocycles. The van der Waals surface area contributed by atoms with E-state index in [0.717, 1.165) is 17.8 Å². The fourth-order valence-corrected chi connectivity index (χ4v) is 4.57. The van der Waals surface area contributed by atoms with Crippen molar-refractivity contribution in [2.45, 2.75) is 72.8 Å². The van der Waals surface area contributed by atoms with E-state index < -0.39 is 0 Å². The van der Waals surface area contributed by atoms with Gasteiger partial charge >= 0.3 is 0 Å². The molecule has 2 fully saturated rings. The lowest BCUT2D eigenvalue weighted by Crippen LogP contribution is -2.47. The Labute approximate surface area is 133 Å². The Morgan fingerprint density at radius 1 is 1.19 bits per heavy atom. The zero-order valence-electron chi connectivity index (χ0n) is 15.1. The van der Waals surface area contributed by atoms with Crippen LogP contribution >= 0.6 is 0 Å². The summed E-state index contributed by atoms with van der Waals surface area (Å²) < 4.78 is 0. The Kier molecular flexibility index (Phi) is 6.14. The van der Waals surface area contributed by atoms with Gasteiger partial charge in [0.05, 0.1) is 0 Å². The summed E-state index contributed by atoms with van der Waals surface area (Å²) in [5.74, 6) is 2.70. The van der Waals surface area contributed by atoms with Gasteiger partial charge in [-0.25, -0.2) is 0 Å². The first-order chi connectivity index (χ1) is 9.90. The maximum Gasteiger partial charge on any atom is 0.00504 e. The lowest BCUT2D eigenvalue weighted by atomic mass is 9.69. The molecule has 3 unspecified atom stereocenters. The van der Waals surface area contributed by atoms with Gasteiger partial charge in [0.15, 0.2) is 0 Å². The predicted octanol–water partition coefficient (Wildman–Crippen LogP) is 4.16. The van der Waals surface area contributed by atoms with Crippen LogP contribution in [0.2, 0.25) is 0 Å². The van der Waals surface area contributed by atoms with E-state index in [1.54, 1.807) is 0 Å². The van der Waals surface area contributed by atoms with E-state index >= 15 is 0 Å². The van der Waals surface area contributed by atoms with Gasteiger partial charge < -0.3 is 10.2 Å². The second-order valence-corrected chi connectivity index (χ2v) is 8.77. The molecule has 0 aromatic rings. The summed E-state index contributed by atoms with van der Waals surface area (Å²) in [6.45, 7) is 17.0. The van der Waals surface area contributed by atoms with Gasteiger partial charge in [-0.05, 0) is 49.0 Å². The van der Waals surface area contributed by atoms with Crippen LogP contribution in [0.4, 0.5) is 0 Å².